The van der Waals surface area contributed by atoms with Crippen LogP contribution in [0, 0.1) is 5.82 Å². The highest BCUT2D eigenvalue weighted by Gasteiger charge is 2.33. The lowest BCUT2D eigenvalue weighted by molar-refractivity contribution is -0.140. The van der Waals surface area contributed by atoms with Crippen LogP contribution in [0.2, 0.25) is 0 Å². The van der Waals surface area contributed by atoms with Crippen molar-refractivity contribution in [2.24, 2.45) is 0 Å². The van der Waals surface area contributed by atoms with Crippen LogP contribution in [0.25, 0.3) is 0 Å². The molecule has 0 radical (unpaired) electrons. The molecule has 0 fully saturated rings. The number of carbonyl (C=O) groups excluding carboxylic acids is 2. The molecule has 10 heteroatoms. The zero-order valence-corrected chi connectivity index (χ0v) is 23.9. The van der Waals surface area contributed by atoms with E-state index < -0.39 is 34.3 Å². The molecule has 0 aliphatic heterocycles. The molecule has 3 aromatic rings. The van der Waals surface area contributed by atoms with Crippen molar-refractivity contribution in [3.63, 3.8) is 0 Å². The average Bonchev–Trinajstić information content (AvgIpc) is 2.96. The van der Waals surface area contributed by atoms with E-state index in [4.69, 9.17) is 4.74 Å². The molecular weight excluding hydrogens is 533 g/mol. The molecule has 0 aromatic heterocycles. The Hall–Kier alpha value is -3.92. The normalized spacial score (nSPS) is 11.9. The maximum atomic E-state index is 13.9. The second-order valence-corrected chi connectivity index (χ2v) is 11.0. The number of halogens is 1. The summed E-state index contributed by atoms with van der Waals surface area (Å²) in [5.41, 5.74) is 0.909. The molecule has 1 N–H and O–H groups in total. The average molecular weight is 570 g/mol. The van der Waals surface area contributed by atoms with Gasteiger partial charge in [-0.05, 0) is 73.9 Å². The third-order valence-electron chi connectivity index (χ3n) is 6.25. The number of benzene rings is 3. The minimum Gasteiger partial charge on any atom is -0.494 e. The van der Waals surface area contributed by atoms with Crippen molar-refractivity contribution in [3.8, 4) is 5.75 Å². The maximum Gasteiger partial charge on any atom is 0.264 e. The first-order valence-corrected chi connectivity index (χ1v) is 14.8. The molecule has 0 aliphatic rings. The Morgan fingerprint density at radius 2 is 1.57 bits per heavy atom. The van der Waals surface area contributed by atoms with Gasteiger partial charge in [0, 0.05) is 13.1 Å². The Kier molecular flexibility index (Phi) is 11.1. The quantitative estimate of drug-likeness (QED) is 0.302. The molecule has 2 amide bonds. The summed E-state index contributed by atoms with van der Waals surface area (Å²) in [5.74, 6) is -0.917. The van der Waals surface area contributed by atoms with Crippen molar-refractivity contribution in [1.29, 1.82) is 0 Å². The number of amides is 2. The van der Waals surface area contributed by atoms with Gasteiger partial charge in [0.05, 0.1) is 17.2 Å². The van der Waals surface area contributed by atoms with Crippen LogP contribution in [0.15, 0.2) is 83.8 Å². The number of nitrogens with one attached hydrogen (secondary N) is 1. The molecule has 3 rings (SSSR count). The van der Waals surface area contributed by atoms with Gasteiger partial charge in [0.1, 0.15) is 24.2 Å². The Labute approximate surface area is 235 Å². The van der Waals surface area contributed by atoms with Crippen molar-refractivity contribution in [2.45, 2.75) is 51.1 Å². The maximum absolute atomic E-state index is 13.9. The van der Waals surface area contributed by atoms with Gasteiger partial charge in [0.2, 0.25) is 11.8 Å². The van der Waals surface area contributed by atoms with E-state index in [-0.39, 0.29) is 23.0 Å². The summed E-state index contributed by atoms with van der Waals surface area (Å²) in [7, 11) is -4.26. The SMILES string of the molecule is CCCNC(=O)C(CC)N(Cc1ccccc1)C(=O)CN(c1ccc(F)cc1)S(=O)(=O)c1ccc(OCC)cc1. The van der Waals surface area contributed by atoms with E-state index in [2.05, 4.69) is 5.32 Å². The first kappa shape index (κ1) is 30.6. The van der Waals surface area contributed by atoms with Crippen LogP contribution in [0.3, 0.4) is 0 Å². The lowest BCUT2D eigenvalue weighted by Gasteiger charge is -2.33. The molecule has 0 bridgehead atoms. The molecule has 8 nitrogen and oxygen atoms in total. The smallest absolute Gasteiger partial charge is 0.264 e. The van der Waals surface area contributed by atoms with Crippen molar-refractivity contribution >= 4 is 27.5 Å². The summed E-state index contributed by atoms with van der Waals surface area (Å²) in [6.45, 7) is 5.94. The van der Waals surface area contributed by atoms with Crippen molar-refractivity contribution in [1.82, 2.24) is 10.2 Å². The van der Waals surface area contributed by atoms with E-state index in [0.29, 0.717) is 25.3 Å². The fourth-order valence-electron chi connectivity index (χ4n) is 4.20. The fourth-order valence-corrected chi connectivity index (χ4v) is 5.62. The van der Waals surface area contributed by atoms with E-state index in [1.54, 1.807) is 6.92 Å². The number of hydrogen-bond acceptors (Lipinski definition) is 5. The number of anilines is 1. The number of hydrogen-bond donors (Lipinski definition) is 1. The van der Waals surface area contributed by atoms with Gasteiger partial charge in [-0.3, -0.25) is 13.9 Å². The standard InChI is InChI=1S/C30H36FN3O5S/c1-4-20-32-30(36)28(5-2)33(21-23-10-8-7-9-11-23)29(35)22-34(25-14-12-24(31)13-15-25)40(37,38)27-18-16-26(17-19-27)39-6-3/h7-19,28H,4-6,20-22H2,1-3H3,(H,32,36). The molecule has 1 unspecified atom stereocenters. The van der Waals surface area contributed by atoms with Crippen LogP contribution in [-0.2, 0) is 26.2 Å². The van der Waals surface area contributed by atoms with Gasteiger partial charge in [0.15, 0.2) is 0 Å². The Balaban J connectivity index is 2.02. The van der Waals surface area contributed by atoms with Crippen LogP contribution < -0.4 is 14.4 Å². The minimum absolute atomic E-state index is 0.0598. The molecule has 214 valence electrons. The van der Waals surface area contributed by atoms with Gasteiger partial charge in [-0.2, -0.15) is 0 Å². The monoisotopic (exact) mass is 569 g/mol. The molecule has 1 atom stereocenters. The Morgan fingerprint density at radius 1 is 0.925 bits per heavy atom. The van der Waals surface area contributed by atoms with Gasteiger partial charge < -0.3 is 15.0 Å². The van der Waals surface area contributed by atoms with Crippen molar-refractivity contribution in [2.75, 3.05) is 24.0 Å². The number of sulfonamides is 1. The molecule has 0 aliphatic carbocycles. The summed E-state index contributed by atoms with van der Waals surface area (Å²) in [6.07, 6.45) is 1.06. The van der Waals surface area contributed by atoms with E-state index >= 15 is 0 Å². The van der Waals surface area contributed by atoms with Crippen molar-refractivity contribution in [3.05, 3.63) is 90.2 Å². The molecule has 0 heterocycles. The topological polar surface area (TPSA) is 96.0 Å². The van der Waals surface area contributed by atoms with Gasteiger partial charge in [-0.1, -0.05) is 44.2 Å². The molecule has 0 spiro atoms. The highest BCUT2D eigenvalue weighted by Crippen LogP contribution is 2.26. The van der Waals surface area contributed by atoms with Crippen LogP contribution in [0.5, 0.6) is 5.75 Å². The molecule has 0 saturated heterocycles. The van der Waals surface area contributed by atoms with Crippen LogP contribution in [0.4, 0.5) is 10.1 Å². The van der Waals surface area contributed by atoms with Gasteiger partial charge in [0.25, 0.3) is 10.0 Å². The van der Waals surface area contributed by atoms with Gasteiger partial charge in [-0.15, -0.1) is 0 Å². The summed E-state index contributed by atoms with van der Waals surface area (Å²) in [5, 5.41) is 2.85. The minimum atomic E-state index is -4.26. The van der Waals surface area contributed by atoms with Crippen LogP contribution >= 0.6 is 0 Å². The van der Waals surface area contributed by atoms with Gasteiger partial charge >= 0.3 is 0 Å². The second-order valence-electron chi connectivity index (χ2n) is 9.11. The van der Waals surface area contributed by atoms with E-state index in [1.165, 1.54) is 41.3 Å². The molecule has 0 saturated carbocycles. The first-order valence-electron chi connectivity index (χ1n) is 13.3. The van der Waals surface area contributed by atoms with Crippen LogP contribution in [-0.4, -0.2) is 50.9 Å². The summed E-state index contributed by atoms with van der Waals surface area (Å²) in [4.78, 5) is 28.4. The summed E-state index contributed by atoms with van der Waals surface area (Å²) < 4.78 is 47.8. The molecule has 40 heavy (non-hydrogen) atoms. The zero-order chi connectivity index (χ0) is 29.1. The third kappa shape index (κ3) is 7.81. The highest BCUT2D eigenvalue weighted by atomic mass is 32.2. The number of nitrogens with zero attached hydrogens (tertiary/aromatic N) is 2. The van der Waals surface area contributed by atoms with E-state index in [1.807, 2.05) is 44.2 Å². The van der Waals surface area contributed by atoms with Gasteiger partial charge in [-0.25, -0.2) is 12.8 Å². The highest BCUT2D eigenvalue weighted by molar-refractivity contribution is 7.92. The number of carbonyl (C=O) groups is 2. The largest absolute Gasteiger partial charge is 0.494 e. The molecule has 3 aromatic carbocycles. The fraction of sp³-hybridized carbons (Fsp3) is 0.333. The summed E-state index contributed by atoms with van der Waals surface area (Å²) in [6, 6.07) is 19.1. The molecular formula is C30H36FN3O5S. The lowest BCUT2D eigenvalue weighted by atomic mass is 10.1. The number of rotatable bonds is 14. The summed E-state index contributed by atoms with van der Waals surface area (Å²) >= 11 is 0. The predicted octanol–water partition coefficient (Wildman–Crippen LogP) is 4.75. The van der Waals surface area contributed by atoms with E-state index in [0.717, 1.165) is 28.4 Å². The van der Waals surface area contributed by atoms with Crippen LogP contribution in [0.1, 0.15) is 39.2 Å². The Bertz CT molecular complexity index is 1350. The predicted molar refractivity (Wildman–Crippen MR) is 153 cm³/mol. The van der Waals surface area contributed by atoms with E-state index in [9.17, 15) is 22.4 Å². The number of ether oxygens (including phenoxy) is 1. The third-order valence-corrected chi connectivity index (χ3v) is 8.04. The first-order chi connectivity index (χ1) is 19.2. The lowest BCUT2D eigenvalue weighted by Crippen LogP contribution is -2.52. The zero-order valence-electron chi connectivity index (χ0n) is 23.0. The second kappa shape index (κ2) is 14.5. The Morgan fingerprint density at radius 3 is 2.15 bits per heavy atom. The van der Waals surface area contributed by atoms with Crippen molar-refractivity contribution < 1.29 is 27.1 Å².